The highest BCUT2D eigenvalue weighted by molar-refractivity contribution is 5.20. The van der Waals surface area contributed by atoms with Gasteiger partial charge in [0, 0.05) is 6.54 Å². The molecule has 1 aromatic rings. The number of hydrogen-bond acceptors (Lipinski definition) is 1. The van der Waals surface area contributed by atoms with Gasteiger partial charge in [-0.2, -0.15) is 0 Å². The van der Waals surface area contributed by atoms with E-state index in [0.717, 1.165) is 0 Å². The Morgan fingerprint density at radius 1 is 1.00 bits per heavy atom. The number of piperidine rings is 1. The van der Waals surface area contributed by atoms with Crippen LogP contribution in [0.2, 0.25) is 0 Å². The van der Waals surface area contributed by atoms with Crippen LogP contribution in [0.3, 0.4) is 0 Å². The van der Waals surface area contributed by atoms with Gasteiger partial charge in [0.1, 0.15) is 0 Å². The van der Waals surface area contributed by atoms with Crippen LogP contribution in [0.5, 0.6) is 0 Å². The zero-order valence-electron chi connectivity index (χ0n) is 12.9. The van der Waals surface area contributed by atoms with Crippen molar-refractivity contribution in [3.63, 3.8) is 0 Å². The Hall–Kier alpha value is -0.820. The third-order valence-electron chi connectivity index (χ3n) is 4.06. The van der Waals surface area contributed by atoms with Crippen LogP contribution in [0.25, 0.3) is 0 Å². The fourth-order valence-electron chi connectivity index (χ4n) is 3.21. The van der Waals surface area contributed by atoms with Crippen molar-refractivity contribution in [2.45, 2.75) is 52.4 Å². The third-order valence-corrected chi connectivity index (χ3v) is 4.06. The summed E-state index contributed by atoms with van der Waals surface area (Å²) in [6.07, 6.45) is 5.47. The highest BCUT2D eigenvalue weighted by Gasteiger charge is 2.23. The molecule has 1 atom stereocenters. The van der Waals surface area contributed by atoms with Gasteiger partial charge in [-0.25, -0.2) is 0 Å². The van der Waals surface area contributed by atoms with Gasteiger partial charge in [-0.1, -0.05) is 57.5 Å². The SMILES string of the molecule is CC(C)(C)C[C@@H](CN1CCCCC1)c1ccccc1. The van der Waals surface area contributed by atoms with E-state index in [0.29, 0.717) is 11.3 Å². The van der Waals surface area contributed by atoms with E-state index in [-0.39, 0.29) is 0 Å². The van der Waals surface area contributed by atoms with Crippen molar-refractivity contribution < 1.29 is 0 Å². The van der Waals surface area contributed by atoms with Gasteiger partial charge in [0.2, 0.25) is 0 Å². The lowest BCUT2D eigenvalue weighted by Gasteiger charge is -2.33. The van der Waals surface area contributed by atoms with E-state index in [1.165, 1.54) is 50.9 Å². The third kappa shape index (κ3) is 4.99. The van der Waals surface area contributed by atoms with Gasteiger partial charge in [0.05, 0.1) is 0 Å². The molecule has 106 valence electrons. The Kier molecular flexibility index (Phi) is 5.04. The smallest absolute Gasteiger partial charge is 0.00505 e. The van der Waals surface area contributed by atoms with Gasteiger partial charge in [-0.05, 0) is 49.2 Å². The molecule has 0 aliphatic carbocycles. The summed E-state index contributed by atoms with van der Waals surface area (Å²) < 4.78 is 0. The van der Waals surface area contributed by atoms with Crippen LogP contribution in [0.15, 0.2) is 30.3 Å². The Morgan fingerprint density at radius 3 is 2.21 bits per heavy atom. The molecule has 1 fully saturated rings. The molecule has 0 aromatic heterocycles. The van der Waals surface area contributed by atoms with E-state index in [4.69, 9.17) is 0 Å². The summed E-state index contributed by atoms with van der Waals surface area (Å²) in [6, 6.07) is 11.1. The zero-order chi connectivity index (χ0) is 13.7. The van der Waals surface area contributed by atoms with Crippen LogP contribution in [0, 0.1) is 5.41 Å². The predicted octanol–water partition coefficient (Wildman–Crippen LogP) is 4.69. The lowest BCUT2D eigenvalue weighted by Crippen LogP contribution is -2.34. The monoisotopic (exact) mass is 259 g/mol. The lowest BCUT2D eigenvalue weighted by molar-refractivity contribution is 0.196. The Balaban J connectivity index is 2.05. The van der Waals surface area contributed by atoms with Crippen LogP contribution in [-0.2, 0) is 0 Å². The molecule has 1 saturated heterocycles. The van der Waals surface area contributed by atoms with Gasteiger partial charge in [-0.15, -0.1) is 0 Å². The lowest BCUT2D eigenvalue weighted by atomic mass is 9.81. The molecule has 1 heterocycles. The Morgan fingerprint density at radius 2 is 1.63 bits per heavy atom. The zero-order valence-corrected chi connectivity index (χ0v) is 12.9. The van der Waals surface area contributed by atoms with E-state index in [1.807, 2.05) is 0 Å². The van der Waals surface area contributed by atoms with E-state index in [2.05, 4.69) is 56.0 Å². The van der Waals surface area contributed by atoms with Gasteiger partial charge in [0.25, 0.3) is 0 Å². The molecule has 0 saturated carbocycles. The molecule has 19 heavy (non-hydrogen) atoms. The minimum absolute atomic E-state index is 0.399. The maximum absolute atomic E-state index is 2.67. The second-order valence-corrected chi connectivity index (χ2v) is 7.23. The van der Waals surface area contributed by atoms with E-state index >= 15 is 0 Å². The van der Waals surface area contributed by atoms with Gasteiger partial charge in [-0.3, -0.25) is 0 Å². The van der Waals surface area contributed by atoms with Crippen molar-refractivity contribution in [3.8, 4) is 0 Å². The van der Waals surface area contributed by atoms with Crippen LogP contribution in [0.4, 0.5) is 0 Å². The van der Waals surface area contributed by atoms with Gasteiger partial charge < -0.3 is 4.90 Å². The largest absolute Gasteiger partial charge is 0.303 e. The molecule has 0 amide bonds. The molecule has 1 nitrogen and oxygen atoms in total. The topological polar surface area (TPSA) is 3.24 Å². The number of benzene rings is 1. The van der Waals surface area contributed by atoms with Gasteiger partial charge >= 0.3 is 0 Å². The van der Waals surface area contributed by atoms with Crippen LogP contribution >= 0.6 is 0 Å². The fourth-order valence-corrected chi connectivity index (χ4v) is 3.21. The number of hydrogen-bond donors (Lipinski definition) is 0. The predicted molar refractivity (Wildman–Crippen MR) is 83.5 cm³/mol. The molecule has 1 heteroatoms. The average molecular weight is 259 g/mol. The van der Waals surface area contributed by atoms with Crippen LogP contribution in [0.1, 0.15) is 57.9 Å². The molecule has 0 N–H and O–H groups in total. The van der Waals surface area contributed by atoms with Crippen molar-refractivity contribution in [1.82, 2.24) is 4.90 Å². The molecular formula is C18H29N. The van der Waals surface area contributed by atoms with Crippen LogP contribution < -0.4 is 0 Å². The van der Waals surface area contributed by atoms with E-state index < -0.39 is 0 Å². The summed E-state index contributed by atoms with van der Waals surface area (Å²) in [5.74, 6) is 0.680. The summed E-state index contributed by atoms with van der Waals surface area (Å²) in [5, 5.41) is 0. The molecule has 2 rings (SSSR count). The molecule has 0 unspecified atom stereocenters. The Labute approximate surface area is 119 Å². The second kappa shape index (κ2) is 6.56. The normalized spacial score (nSPS) is 19.3. The van der Waals surface area contributed by atoms with Crippen molar-refractivity contribution in [1.29, 1.82) is 0 Å². The van der Waals surface area contributed by atoms with Crippen molar-refractivity contribution in [2.24, 2.45) is 5.41 Å². The maximum atomic E-state index is 2.67. The first-order valence-corrected chi connectivity index (χ1v) is 7.82. The number of rotatable bonds is 4. The average Bonchev–Trinajstić information content (AvgIpc) is 2.39. The fraction of sp³-hybridized carbons (Fsp3) is 0.667. The summed E-state index contributed by atoms with van der Waals surface area (Å²) in [5.41, 5.74) is 1.92. The highest BCUT2D eigenvalue weighted by Crippen LogP contribution is 2.32. The van der Waals surface area contributed by atoms with Crippen molar-refractivity contribution in [3.05, 3.63) is 35.9 Å². The minimum atomic E-state index is 0.399. The first-order chi connectivity index (χ1) is 9.04. The Bertz CT molecular complexity index is 357. The summed E-state index contributed by atoms with van der Waals surface area (Å²) in [7, 11) is 0. The maximum Gasteiger partial charge on any atom is 0.00505 e. The quantitative estimate of drug-likeness (QED) is 0.758. The summed E-state index contributed by atoms with van der Waals surface area (Å²) in [6.45, 7) is 10.9. The summed E-state index contributed by atoms with van der Waals surface area (Å²) >= 11 is 0. The molecule has 1 aliphatic rings. The first-order valence-electron chi connectivity index (χ1n) is 7.82. The standard InChI is InChI=1S/C18H29N/c1-18(2,3)14-17(16-10-6-4-7-11-16)15-19-12-8-5-9-13-19/h4,6-7,10-11,17H,5,8-9,12-15H2,1-3H3/t17-/m0/s1. The van der Waals surface area contributed by atoms with Crippen molar-refractivity contribution >= 4 is 0 Å². The van der Waals surface area contributed by atoms with Gasteiger partial charge in [0.15, 0.2) is 0 Å². The molecule has 1 aliphatic heterocycles. The summed E-state index contributed by atoms with van der Waals surface area (Å²) in [4.78, 5) is 2.67. The highest BCUT2D eigenvalue weighted by atomic mass is 15.1. The first kappa shape index (κ1) is 14.6. The molecular weight excluding hydrogens is 230 g/mol. The molecule has 0 radical (unpaired) electrons. The molecule has 1 aromatic carbocycles. The molecule has 0 spiro atoms. The number of nitrogens with zero attached hydrogens (tertiary/aromatic N) is 1. The second-order valence-electron chi connectivity index (χ2n) is 7.23. The van der Waals surface area contributed by atoms with E-state index in [1.54, 1.807) is 0 Å². The van der Waals surface area contributed by atoms with E-state index in [9.17, 15) is 0 Å². The molecule has 0 bridgehead atoms. The minimum Gasteiger partial charge on any atom is -0.303 e. The van der Waals surface area contributed by atoms with Crippen molar-refractivity contribution in [2.75, 3.05) is 19.6 Å². The number of likely N-dealkylation sites (tertiary alicyclic amines) is 1. The van der Waals surface area contributed by atoms with Crippen LogP contribution in [-0.4, -0.2) is 24.5 Å².